The van der Waals surface area contributed by atoms with Crippen LogP contribution in [-0.2, 0) is 9.59 Å². The Hall–Kier alpha value is -2.70. The molecular weight excluding hydrogens is 246 g/mol. The third-order valence-electron chi connectivity index (χ3n) is 2.58. The van der Waals surface area contributed by atoms with Crippen LogP contribution in [0.3, 0.4) is 0 Å². The van der Waals surface area contributed by atoms with E-state index in [1.165, 1.54) is 17.3 Å². The Bertz CT molecular complexity index is 586. The highest BCUT2D eigenvalue weighted by molar-refractivity contribution is 6.42. The highest BCUT2D eigenvalue weighted by Crippen LogP contribution is 2.19. The van der Waals surface area contributed by atoms with Crippen LogP contribution in [0.1, 0.15) is 11.1 Å². The molecule has 98 valence electrons. The number of carbonyl (C=O) groups excluding carboxylic acids is 2. The zero-order chi connectivity index (χ0) is 13.8. The van der Waals surface area contributed by atoms with E-state index in [4.69, 9.17) is 0 Å². The minimum absolute atomic E-state index is 0.645. The molecule has 2 rings (SSSR count). The molecule has 0 saturated carbocycles. The highest BCUT2D eigenvalue weighted by Gasteiger charge is 2.15. The molecular formula is C12H13N5O2. The Balaban J connectivity index is 2.07. The molecule has 1 aromatic carbocycles. The Morgan fingerprint density at radius 1 is 1.05 bits per heavy atom. The molecule has 0 unspecified atom stereocenters. The van der Waals surface area contributed by atoms with Gasteiger partial charge in [0.2, 0.25) is 0 Å². The second-order valence-electron chi connectivity index (χ2n) is 4.03. The van der Waals surface area contributed by atoms with Crippen molar-refractivity contribution in [1.82, 2.24) is 14.9 Å². The number of nitrogens with one attached hydrogen (secondary N) is 2. The standard InChI is InChI=1S/C12H13N5O2/c1-8-4-3-5-9(2)10(8)15-11(18)12(19)16-17-6-13-14-7-17/h3-7H,1-2H3,(H,15,18)(H,16,19). The number of para-hydroxylation sites is 1. The molecule has 1 aromatic heterocycles. The smallest absolute Gasteiger partial charge is 0.317 e. The summed E-state index contributed by atoms with van der Waals surface area (Å²) in [5, 5.41) is 9.61. The minimum atomic E-state index is -0.789. The van der Waals surface area contributed by atoms with Crippen molar-refractivity contribution in [2.24, 2.45) is 0 Å². The summed E-state index contributed by atoms with van der Waals surface area (Å²) in [6.45, 7) is 3.72. The van der Waals surface area contributed by atoms with Crippen molar-refractivity contribution in [1.29, 1.82) is 0 Å². The molecule has 2 aromatic rings. The number of anilines is 1. The van der Waals surface area contributed by atoms with Crippen molar-refractivity contribution in [2.75, 3.05) is 10.7 Å². The van der Waals surface area contributed by atoms with Crippen LogP contribution in [0.2, 0.25) is 0 Å². The van der Waals surface area contributed by atoms with Gasteiger partial charge in [-0.05, 0) is 25.0 Å². The van der Waals surface area contributed by atoms with Gasteiger partial charge in [-0.3, -0.25) is 15.0 Å². The van der Waals surface area contributed by atoms with E-state index >= 15 is 0 Å². The van der Waals surface area contributed by atoms with Gasteiger partial charge in [-0.2, -0.15) is 0 Å². The highest BCUT2D eigenvalue weighted by atomic mass is 16.2. The van der Waals surface area contributed by atoms with Crippen LogP contribution >= 0.6 is 0 Å². The zero-order valence-electron chi connectivity index (χ0n) is 10.5. The number of nitrogens with zero attached hydrogens (tertiary/aromatic N) is 3. The lowest BCUT2D eigenvalue weighted by Gasteiger charge is -2.11. The largest absolute Gasteiger partial charge is 0.328 e. The average molecular weight is 259 g/mol. The first-order chi connectivity index (χ1) is 9.08. The van der Waals surface area contributed by atoms with E-state index < -0.39 is 11.8 Å². The van der Waals surface area contributed by atoms with Gasteiger partial charge in [-0.1, -0.05) is 18.2 Å². The van der Waals surface area contributed by atoms with Gasteiger partial charge in [0, 0.05) is 5.69 Å². The van der Waals surface area contributed by atoms with E-state index in [-0.39, 0.29) is 0 Å². The first-order valence-electron chi connectivity index (χ1n) is 5.61. The van der Waals surface area contributed by atoms with Gasteiger partial charge < -0.3 is 5.32 Å². The van der Waals surface area contributed by atoms with Crippen molar-refractivity contribution in [3.8, 4) is 0 Å². The lowest BCUT2D eigenvalue weighted by atomic mass is 10.1. The molecule has 0 radical (unpaired) electrons. The van der Waals surface area contributed by atoms with Crippen molar-refractivity contribution in [2.45, 2.75) is 13.8 Å². The van der Waals surface area contributed by atoms with Gasteiger partial charge in [-0.25, -0.2) is 4.68 Å². The summed E-state index contributed by atoms with van der Waals surface area (Å²) in [5.74, 6) is -1.53. The average Bonchev–Trinajstić information content (AvgIpc) is 2.86. The Labute approximate surface area is 109 Å². The van der Waals surface area contributed by atoms with E-state index in [1.807, 2.05) is 32.0 Å². The Morgan fingerprint density at radius 2 is 1.63 bits per heavy atom. The maximum Gasteiger partial charge on any atom is 0.328 e. The van der Waals surface area contributed by atoms with Crippen LogP contribution in [-0.4, -0.2) is 26.7 Å². The number of aromatic nitrogens is 3. The van der Waals surface area contributed by atoms with Gasteiger partial charge in [0.15, 0.2) is 0 Å². The molecule has 2 amide bonds. The molecule has 0 aliphatic carbocycles. The molecule has 2 N–H and O–H groups in total. The summed E-state index contributed by atoms with van der Waals surface area (Å²) in [6.07, 6.45) is 2.56. The fraction of sp³-hybridized carbons (Fsp3) is 0.167. The van der Waals surface area contributed by atoms with E-state index in [2.05, 4.69) is 20.9 Å². The van der Waals surface area contributed by atoms with Crippen LogP contribution in [0.4, 0.5) is 5.69 Å². The Morgan fingerprint density at radius 3 is 2.21 bits per heavy atom. The lowest BCUT2D eigenvalue weighted by molar-refractivity contribution is -0.133. The van der Waals surface area contributed by atoms with Gasteiger partial charge in [0.25, 0.3) is 0 Å². The van der Waals surface area contributed by atoms with Crippen molar-refractivity contribution < 1.29 is 9.59 Å². The molecule has 0 bridgehead atoms. The first kappa shape index (κ1) is 12.7. The van der Waals surface area contributed by atoms with Crippen molar-refractivity contribution in [3.05, 3.63) is 42.0 Å². The molecule has 0 aliphatic rings. The molecule has 0 atom stereocenters. The molecule has 0 spiro atoms. The number of aryl methyl sites for hydroxylation is 2. The fourth-order valence-electron chi connectivity index (χ4n) is 1.61. The molecule has 7 heteroatoms. The molecule has 19 heavy (non-hydrogen) atoms. The SMILES string of the molecule is Cc1cccc(C)c1NC(=O)C(=O)Nn1cnnc1. The van der Waals surface area contributed by atoms with Crippen molar-refractivity contribution in [3.63, 3.8) is 0 Å². The first-order valence-corrected chi connectivity index (χ1v) is 5.61. The molecule has 0 saturated heterocycles. The number of rotatable bonds is 2. The van der Waals surface area contributed by atoms with Gasteiger partial charge in [-0.15, -0.1) is 10.2 Å². The summed E-state index contributed by atoms with van der Waals surface area (Å²) >= 11 is 0. The normalized spacial score (nSPS) is 10.0. The van der Waals surface area contributed by atoms with Crippen LogP contribution in [0.5, 0.6) is 0 Å². The number of hydrogen-bond donors (Lipinski definition) is 2. The molecule has 1 heterocycles. The number of carbonyl (C=O) groups is 2. The molecule has 0 fully saturated rings. The quantitative estimate of drug-likeness (QED) is 0.773. The van der Waals surface area contributed by atoms with E-state index in [0.717, 1.165) is 11.1 Å². The Kier molecular flexibility index (Phi) is 3.56. The third kappa shape index (κ3) is 2.95. The lowest BCUT2D eigenvalue weighted by Crippen LogP contribution is -2.34. The predicted octanol–water partition coefficient (Wildman–Crippen LogP) is 0.604. The molecule has 0 aliphatic heterocycles. The monoisotopic (exact) mass is 259 g/mol. The van der Waals surface area contributed by atoms with Crippen molar-refractivity contribution >= 4 is 17.5 Å². The summed E-state index contributed by atoms with van der Waals surface area (Å²) in [4.78, 5) is 23.4. The summed E-state index contributed by atoms with van der Waals surface area (Å²) in [5.41, 5.74) is 4.75. The second-order valence-corrected chi connectivity index (χ2v) is 4.03. The van der Waals surface area contributed by atoms with E-state index in [0.29, 0.717) is 5.69 Å². The van der Waals surface area contributed by atoms with Gasteiger partial charge in [0.1, 0.15) is 12.7 Å². The maximum absolute atomic E-state index is 11.8. The zero-order valence-corrected chi connectivity index (χ0v) is 10.5. The topological polar surface area (TPSA) is 88.9 Å². The van der Waals surface area contributed by atoms with Gasteiger partial charge >= 0.3 is 11.8 Å². The van der Waals surface area contributed by atoms with Crippen LogP contribution in [0.25, 0.3) is 0 Å². The number of amides is 2. The maximum atomic E-state index is 11.8. The van der Waals surface area contributed by atoms with Crippen LogP contribution in [0, 0.1) is 13.8 Å². The number of benzene rings is 1. The van der Waals surface area contributed by atoms with E-state index in [9.17, 15) is 9.59 Å². The summed E-state index contributed by atoms with van der Waals surface area (Å²) < 4.78 is 1.20. The predicted molar refractivity (Wildman–Crippen MR) is 68.9 cm³/mol. The van der Waals surface area contributed by atoms with Crippen LogP contribution < -0.4 is 10.7 Å². The summed E-state index contributed by atoms with van der Waals surface area (Å²) in [7, 11) is 0. The summed E-state index contributed by atoms with van der Waals surface area (Å²) in [6, 6.07) is 5.61. The minimum Gasteiger partial charge on any atom is -0.317 e. The molecule has 7 nitrogen and oxygen atoms in total. The second kappa shape index (κ2) is 5.30. The van der Waals surface area contributed by atoms with Gasteiger partial charge in [0.05, 0.1) is 0 Å². The van der Waals surface area contributed by atoms with Crippen LogP contribution in [0.15, 0.2) is 30.9 Å². The third-order valence-corrected chi connectivity index (χ3v) is 2.58. The number of hydrogen-bond acceptors (Lipinski definition) is 4. The fourth-order valence-corrected chi connectivity index (χ4v) is 1.61. The van der Waals surface area contributed by atoms with E-state index in [1.54, 1.807) is 0 Å².